The lowest BCUT2D eigenvalue weighted by atomic mass is 10.0. The van der Waals surface area contributed by atoms with Gasteiger partial charge in [-0.15, -0.1) is 0 Å². The maximum Gasteiger partial charge on any atom is 0.248 e. The fourth-order valence-corrected chi connectivity index (χ4v) is 2.32. The van der Waals surface area contributed by atoms with Crippen LogP contribution in [0.4, 0.5) is 0 Å². The van der Waals surface area contributed by atoms with E-state index in [4.69, 9.17) is 0 Å². The summed E-state index contributed by atoms with van der Waals surface area (Å²) in [7, 11) is 0. The number of carbonyl (C=O) groups is 1. The van der Waals surface area contributed by atoms with Gasteiger partial charge < -0.3 is 0 Å². The Kier molecular flexibility index (Phi) is 2.59. The zero-order chi connectivity index (χ0) is 12.5. The molecule has 0 saturated heterocycles. The van der Waals surface area contributed by atoms with Gasteiger partial charge in [-0.2, -0.15) is 5.10 Å². The molecule has 0 aliphatic carbocycles. The summed E-state index contributed by atoms with van der Waals surface area (Å²) >= 11 is 0. The number of hydrogen-bond donors (Lipinski definition) is 0. The average molecular weight is 238 g/mol. The second kappa shape index (κ2) is 4.26. The highest BCUT2D eigenvalue weighted by atomic mass is 16.2. The zero-order valence-electron chi connectivity index (χ0n) is 10.3. The average Bonchev–Trinajstić information content (AvgIpc) is 2.68. The van der Waals surface area contributed by atoms with Gasteiger partial charge in [-0.05, 0) is 23.3 Å². The van der Waals surface area contributed by atoms with Gasteiger partial charge >= 0.3 is 0 Å². The van der Waals surface area contributed by atoms with Crippen LogP contribution in [-0.2, 0) is 11.3 Å². The van der Waals surface area contributed by atoms with Crippen molar-refractivity contribution in [3.63, 3.8) is 0 Å². The SMILES string of the molecule is CC1=NN(Cc2cccc3ccccc23)C(=O)C1. The Morgan fingerprint density at radius 1 is 1.17 bits per heavy atom. The van der Waals surface area contributed by atoms with Crippen LogP contribution in [0.3, 0.4) is 0 Å². The van der Waals surface area contributed by atoms with Crippen molar-refractivity contribution in [2.45, 2.75) is 19.9 Å². The quantitative estimate of drug-likeness (QED) is 0.791. The maximum atomic E-state index is 11.7. The Balaban J connectivity index is 1.98. The Morgan fingerprint density at radius 2 is 1.94 bits per heavy atom. The summed E-state index contributed by atoms with van der Waals surface area (Å²) in [5.74, 6) is 0.0837. The van der Waals surface area contributed by atoms with E-state index in [1.165, 1.54) is 10.8 Å². The predicted molar refractivity (Wildman–Crippen MR) is 72.2 cm³/mol. The van der Waals surface area contributed by atoms with E-state index in [-0.39, 0.29) is 5.91 Å². The molecule has 0 aromatic heterocycles. The molecule has 2 aromatic carbocycles. The number of hydrogen-bond acceptors (Lipinski definition) is 2. The van der Waals surface area contributed by atoms with Crippen molar-refractivity contribution in [2.24, 2.45) is 5.10 Å². The van der Waals surface area contributed by atoms with Gasteiger partial charge in [0.2, 0.25) is 5.91 Å². The second-order valence-electron chi connectivity index (χ2n) is 4.60. The molecule has 0 atom stereocenters. The van der Waals surface area contributed by atoms with E-state index in [1.54, 1.807) is 5.01 Å². The monoisotopic (exact) mass is 238 g/mol. The van der Waals surface area contributed by atoms with E-state index >= 15 is 0 Å². The molecule has 0 fully saturated rings. The minimum atomic E-state index is 0.0837. The van der Waals surface area contributed by atoms with Crippen molar-refractivity contribution < 1.29 is 4.79 Å². The summed E-state index contributed by atoms with van der Waals surface area (Å²) in [6, 6.07) is 14.4. The van der Waals surface area contributed by atoms with E-state index in [9.17, 15) is 4.79 Å². The van der Waals surface area contributed by atoms with E-state index < -0.39 is 0 Å². The highest BCUT2D eigenvalue weighted by molar-refractivity contribution is 6.03. The minimum Gasteiger partial charge on any atom is -0.273 e. The number of benzene rings is 2. The van der Waals surface area contributed by atoms with E-state index in [0.29, 0.717) is 13.0 Å². The smallest absolute Gasteiger partial charge is 0.248 e. The molecule has 3 rings (SSSR count). The molecule has 0 unspecified atom stereocenters. The molecule has 1 amide bonds. The van der Waals surface area contributed by atoms with Gasteiger partial charge in [0.05, 0.1) is 13.0 Å². The first-order chi connectivity index (χ1) is 8.74. The molecule has 18 heavy (non-hydrogen) atoms. The molecule has 0 N–H and O–H groups in total. The first kappa shape index (κ1) is 11.0. The van der Waals surface area contributed by atoms with Gasteiger partial charge in [-0.3, -0.25) is 4.79 Å². The van der Waals surface area contributed by atoms with Crippen molar-refractivity contribution in [2.75, 3.05) is 0 Å². The van der Waals surface area contributed by atoms with Gasteiger partial charge in [0.25, 0.3) is 0 Å². The van der Waals surface area contributed by atoms with Crippen molar-refractivity contribution in [1.82, 2.24) is 5.01 Å². The van der Waals surface area contributed by atoms with Gasteiger partial charge in [-0.25, -0.2) is 5.01 Å². The topological polar surface area (TPSA) is 32.7 Å². The Bertz CT molecular complexity index is 640. The number of fused-ring (bicyclic) bond motifs is 1. The third-order valence-electron chi connectivity index (χ3n) is 3.19. The van der Waals surface area contributed by atoms with Gasteiger partial charge in [0.15, 0.2) is 0 Å². The Morgan fingerprint density at radius 3 is 2.72 bits per heavy atom. The van der Waals surface area contributed by atoms with Crippen molar-refractivity contribution >= 4 is 22.4 Å². The van der Waals surface area contributed by atoms with Crippen LogP contribution in [0.1, 0.15) is 18.9 Å². The number of rotatable bonds is 2. The zero-order valence-corrected chi connectivity index (χ0v) is 10.3. The minimum absolute atomic E-state index is 0.0837. The standard InChI is InChI=1S/C15H14N2O/c1-11-9-15(18)17(16-11)10-13-7-4-6-12-5-2-3-8-14(12)13/h2-8H,9-10H2,1H3. The normalized spacial score (nSPS) is 15.3. The summed E-state index contributed by atoms with van der Waals surface area (Å²) in [4.78, 5) is 11.7. The molecule has 1 aliphatic rings. The molecular formula is C15H14N2O. The van der Waals surface area contributed by atoms with Crippen LogP contribution in [0, 0.1) is 0 Å². The van der Waals surface area contributed by atoms with Gasteiger partial charge in [0.1, 0.15) is 0 Å². The number of carbonyl (C=O) groups excluding carboxylic acids is 1. The van der Waals surface area contributed by atoms with Crippen molar-refractivity contribution in [3.8, 4) is 0 Å². The molecule has 1 heterocycles. The van der Waals surface area contributed by atoms with Crippen LogP contribution < -0.4 is 0 Å². The van der Waals surface area contributed by atoms with E-state index in [2.05, 4.69) is 29.4 Å². The van der Waals surface area contributed by atoms with E-state index in [1.807, 2.05) is 25.1 Å². The molecule has 0 spiro atoms. The largest absolute Gasteiger partial charge is 0.273 e. The molecule has 90 valence electrons. The molecule has 2 aromatic rings. The lowest BCUT2D eigenvalue weighted by molar-refractivity contribution is -0.129. The molecular weight excluding hydrogens is 224 g/mol. The first-order valence-corrected chi connectivity index (χ1v) is 6.05. The number of nitrogens with zero attached hydrogens (tertiary/aromatic N) is 2. The first-order valence-electron chi connectivity index (χ1n) is 6.05. The van der Waals surface area contributed by atoms with E-state index in [0.717, 1.165) is 11.3 Å². The predicted octanol–water partition coefficient (Wildman–Crippen LogP) is 2.95. The fraction of sp³-hybridized carbons (Fsp3) is 0.200. The Labute approximate surface area is 106 Å². The van der Waals surface area contributed by atoms with Crippen LogP contribution in [0.25, 0.3) is 10.8 Å². The van der Waals surface area contributed by atoms with Crippen LogP contribution in [0.5, 0.6) is 0 Å². The summed E-state index contributed by atoms with van der Waals surface area (Å²) in [6.45, 7) is 2.44. The van der Waals surface area contributed by atoms with Crippen LogP contribution in [0.2, 0.25) is 0 Å². The number of hydrazone groups is 1. The van der Waals surface area contributed by atoms with Gasteiger partial charge in [-0.1, -0.05) is 42.5 Å². The molecule has 0 bridgehead atoms. The summed E-state index contributed by atoms with van der Waals surface area (Å²) in [5, 5.41) is 8.22. The molecule has 0 saturated carbocycles. The molecule has 1 aliphatic heterocycles. The lowest BCUT2D eigenvalue weighted by Crippen LogP contribution is -2.20. The highest BCUT2D eigenvalue weighted by Gasteiger charge is 2.21. The summed E-state index contributed by atoms with van der Waals surface area (Å²) in [6.07, 6.45) is 0.449. The Hall–Kier alpha value is -2.16. The molecule has 3 nitrogen and oxygen atoms in total. The highest BCUT2D eigenvalue weighted by Crippen LogP contribution is 2.21. The third kappa shape index (κ3) is 1.88. The second-order valence-corrected chi connectivity index (χ2v) is 4.60. The van der Waals surface area contributed by atoms with Crippen molar-refractivity contribution in [1.29, 1.82) is 0 Å². The van der Waals surface area contributed by atoms with Crippen LogP contribution in [-0.4, -0.2) is 16.6 Å². The fourth-order valence-electron chi connectivity index (χ4n) is 2.32. The molecule has 0 radical (unpaired) electrons. The number of amides is 1. The maximum absolute atomic E-state index is 11.7. The van der Waals surface area contributed by atoms with Crippen molar-refractivity contribution in [3.05, 3.63) is 48.0 Å². The van der Waals surface area contributed by atoms with Crippen LogP contribution in [0.15, 0.2) is 47.6 Å². The third-order valence-corrected chi connectivity index (χ3v) is 3.19. The van der Waals surface area contributed by atoms with Gasteiger partial charge in [0, 0.05) is 5.71 Å². The lowest BCUT2D eigenvalue weighted by Gasteiger charge is -2.13. The van der Waals surface area contributed by atoms with Crippen LogP contribution >= 0.6 is 0 Å². The summed E-state index contributed by atoms with van der Waals surface area (Å²) < 4.78 is 0. The molecule has 3 heteroatoms. The summed E-state index contributed by atoms with van der Waals surface area (Å²) in [5.41, 5.74) is 2.03.